The minimum atomic E-state index is 0.385. The van der Waals surface area contributed by atoms with Crippen LogP contribution in [0.2, 0.25) is 10.3 Å². The predicted molar refractivity (Wildman–Crippen MR) is 48.6 cm³/mol. The highest BCUT2D eigenvalue weighted by atomic mass is 35.5. The minimum Gasteiger partial charge on any atom is -0.224 e. The Morgan fingerprint density at radius 2 is 2.09 bits per heavy atom. The molecule has 1 aromatic heterocycles. The first kappa shape index (κ1) is 9.11. The van der Waals surface area contributed by atoms with E-state index in [1.165, 1.54) is 0 Å². The van der Waals surface area contributed by atoms with Gasteiger partial charge in [-0.1, -0.05) is 23.2 Å². The van der Waals surface area contributed by atoms with E-state index in [2.05, 4.69) is 4.98 Å². The molecule has 0 unspecified atom stereocenters. The van der Waals surface area contributed by atoms with Crippen LogP contribution in [0.4, 0.5) is 0 Å². The van der Waals surface area contributed by atoms with Crippen molar-refractivity contribution in [3.8, 4) is 0 Å². The Hall–Kier alpha value is 0.0200. The van der Waals surface area contributed by atoms with Crippen molar-refractivity contribution < 1.29 is 0 Å². The second kappa shape index (κ2) is 3.61. The SMILES string of the molecule is Cc1c(CCl)cc(Cl)nc1Cl. The summed E-state index contributed by atoms with van der Waals surface area (Å²) in [5.74, 6) is 0.411. The lowest BCUT2D eigenvalue weighted by atomic mass is 10.2. The van der Waals surface area contributed by atoms with E-state index in [0.717, 1.165) is 11.1 Å². The Morgan fingerprint density at radius 1 is 1.45 bits per heavy atom. The van der Waals surface area contributed by atoms with Crippen LogP contribution in [-0.2, 0) is 5.88 Å². The Balaban J connectivity index is 3.24. The van der Waals surface area contributed by atoms with E-state index in [1.807, 2.05) is 6.92 Å². The van der Waals surface area contributed by atoms with Crippen molar-refractivity contribution in [1.29, 1.82) is 0 Å². The molecule has 0 bridgehead atoms. The summed E-state index contributed by atoms with van der Waals surface area (Å²) >= 11 is 17.0. The zero-order valence-corrected chi connectivity index (χ0v) is 8.13. The Labute approximate surface area is 80.3 Å². The molecule has 0 aromatic carbocycles. The van der Waals surface area contributed by atoms with E-state index in [0.29, 0.717) is 16.2 Å². The lowest BCUT2D eigenvalue weighted by molar-refractivity contribution is 1.20. The van der Waals surface area contributed by atoms with Crippen LogP contribution in [0.15, 0.2) is 6.07 Å². The summed E-state index contributed by atoms with van der Waals surface area (Å²) in [6.07, 6.45) is 0. The smallest absolute Gasteiger partial charge is 0.134 e. The molecule has 0 aliphatic rings. The molecule has 0 amide bonds. The van der Waals surface area contributed by atoms with Crippen molar-refractivity contribution in [2.75, 3.05) is 0 Å². The molecule has 4 heteroatoms. The summed E-state index contributed by atoms with van der Waals surface area (Å²) in [5, 5.41) is 0.810. The number of nitrogens with zero attached hydrogens (tertiary/aromatic N) is 1. The largest absolute Gasteiger partial charge is 0.224 e. The summed E-state index contributed by atoms with van der Waals surface area (Å²) < 4.78 is 0. The van der Waals surface area contributed by atoms with E-state index in [1.54, 1.807) is 6.07 Å². The van der Waals surface area contributed by atoms with Crippen LogP contribution in [0.1, 0.15) is 11.1 Å². The number of hydrogen-bond donors (Lipinski definition) is 0. The molecule has 0 saturated heterocycles. The number of alkyl halides is 1. The van der Waals surface area contributed by atoms with Crippen LogP contribution in [0, 0.1) is 6.92 Å². The van der Waals surface area contributed by atoms with Gasteiger partial charge in [-0.25, -0.2) is 4.98 Å². The molecule has 0 atom stereocenters. The van der Waals surface area contributed by atoms with Gasteiger partial charge in [0.25, 0.3) is 0 Å². The molecule has 1 rings (SSSR count). The number of aromatic nitrogens is 1. The first-order valence-electron chi connectivity index (χ1n) is 3.02. The molecule has 1 aromatic rings. The summed E-state index contributed by atoms with van der Waals surface area (Å²) in [7, 11) is 0. The number of halogens is 3. The fourth-order valence-corrected chi connectivity index (χ4v) is 1.48. The van der Waals surface area contributed by atoms with Crippen molar-refractivity contribution in [3.63, 3.8) is 0 Å². The highest BCUT2D eigenvalue weighted by Gasteiger charge is 2.04. The quantitative estimate of drug-likeness (QED) is 0.511. The van der Waals surface area contributed by atoms with Gasteiger partial charge in [0, 0.05) is 5.88 Å². The van der Waals surface area contributed by atoms with Crippen LogP contribution in [-0.4, -0.2) is 4.98 Å². The van der Waals surface area contributed by atoms with Crippen LogP contribution >= 0.6 is 34.8 Å². The average Bonchev–Trinajstić information content (AvgIpc) is 1.96. The van der Waals surface area contributed by atoms with Crippen molar-refractivity contribution in [3.05, 3.63) is 27.5 Å². The molecule has 0 aliphatic carbocycles. The maximum absolute atomic E-state index is 5.74. The number of pyridine rings is 1. The molecule has 0 spiro atoms. The highest BCUT2D eigenvalue weighted by Crippen LogP contribution is 2.21. The molecule has 60 valence electrons. The first-order chi connectivity index (χ1) is 5.15. The van der Waals surface area contributed by atoms with Crippen LogP contribution in [0.3, 0.4) is 0 Å². The van der Waals surface area contributed by atoms with Gasteiger partial charge in [0.2, 0.25) is 0 Å². The molecule has 1 nitrogen and oxygen atoms in total. The van der Waals surface area contributed by atoms with Crippen LogP contribution in [0.25, 0.3) is 0 Å². The van der Waals surface area contributed by atoms with Crippen LogP contribution in [0.5, 0.6) is 0 Å². The number of hydrogen-bond acceptors (Lipinski definition) is 1. The Morgan fingerprint density at radius 3 is 2.64 bits per heavy atom. The van der Waals surface area contributed by atoms with Gasteiger partial charge in [-0.3, -0.25) is 0 Å². The second-order valence-electron chi connectivity index (χ2n) is 2.15. The maximum atomic E-state index is 5.74. The fourth-order valence-electron chi connectivity index (χ4n) is 0.733. The molecular formula is C7H6Cl3N. The summed E-state index contributed by atoms with van der Waals surface area (Å²) in [4.78, 5) is 3.85. The van der Waals surface area contributed by atoms with Gasteiger partial charge >= 0.3 is 0 Å². The minimum absolute atomic E-state index is 0.385. The van der Waals surface area contributed by atoms with Gasteiger partial charge < -0.3 is 0 Å². The van der Waals surface area contributed by atoms with E-state index in [9.17, 15) is 0 Å². The van der Waals surface area contributed by atoms with Crippen molar-refractivity contribution in [1.82, 2.24) is 4.98 Å². The predicted octanol–water partition coefficient (Wildman–Crippen LogP) is 3.44. The third-order valence-electron chi connectivity index (χ3n) is 1.43. The van der Waals surface area contributed by atoms with Crippen molar-refractivity contribution in [2.45, 2.75) is 12.8 Å². The van der Waals surface area contributed by atoms with Crippen LogP contribution < -0.4 is 0 Å². The summed E-state index contributed by atoms with van der Waals surface area (Å²) in [6.45, 7) is 1.86. The number of rotatable bonds is 1. The topological polar surface area (TPSA) is 12.9 Å². The normalized spacial score (nSPS) is 10.2. The van der Waals surface area contributed by atoms with Gasteiger partial charge in [0.15, 0.2) is 0 Å². The van der Waals surface area contributed by atoms with Gasteiger partial charge in [-0.2, -0.15) is 0 Å². The highest BCUT2D eigenvalue weighted by molar-refractivity contribution is 6.33. The van der Waals surface area contributed by atoms with Gasteiger partial charge in [-0.15, -0.1) is 11.6 Å². The van der Waals surface area contributed by atoms with E-state index in [4.69, 9.17) is 34.8 Å². The van der Waals surface area contributed by atoms with Crippen molar-refractivity contribution >= 4 is 34.8 Å². The lowest BCUT2D eigenvalue weighted by Crippen LogP contribution is -1.89. The Kier molecular flexibility index (Phi) is 2.99. The molecular weight excluding hydrogens is 204 g/mol. The molecule has 11 heavy (non-hydrogen) atoms. The third-order valence-corrected chi connectivity index (χ3v) is 2.28. The average molecular weight is 210 g/mol. The van der Waals surface area contributed by atoms with E-state index in [-0.39, 0.29) is 0 Å². The maximum Gasteiger partial charge on any atom is 0.134 e. The molecule has 0 radical (unpaired) electrons. The molecule has 0 saturated carbocycles. The van der Waals surface area contributed by atoms with Gasteiger partial charge in [-0.05, 0) is 24.1 Å². The second-order valence-corrected chi connectivity index (χ2v) is 3.17. The zero-order chi connectivity index (χ0) is 8.43. The summed E-state index contributed by atoms with van der Waals surface area (Å²) in [6, 6.07) is 1.72. The summed E-state index contributed by atoms with van der Waals surface area (Å²) in [5.41, 5.74) is 1.82. The van der Waals surface area contributed by atoms with Crippen molar-refractivity contribution in [2.24, 2.45) is 0 Å². The Bertz CT molecular complexity index is 273. The van der Waals surface area contributed by atoms with Gasteiger partial charge in [0.1, 0.15) is 10.3 Å². The zero-order valence-electron chi connectivity index (χ0n) is 5.87. The fraction of sp³-hybridized carbons (Fsp3) is 0.286. The standard InChI is InChI=1S/C7H6Cl3N/c1-4-5(3-8)2-6(9)11-7(4)10/h2H,3H2,1H3. The van der Waals surface area contributed by atoms with E-state index >= 15 is 0 Å². The van der Waals surface area contributed by atoms with E-state index < -0.39 is 0 Å². The molecule has 1 heterocycles. The monoisotopic (exact) mass is 209 g/mol. The molecule has 0 aliphatic heterocycles. The lowest BCUT2D eigenvalue weighted by Gasteiger charge is -2.02. The molecule has 0 N–H and O–H groups in total. The third kappa shape index (κ3) is 1.98. The molecule has 0 fully saturated rings. The van der Waals surface area contributed by atoms with Gasteiger partial charge in [0.05, 0.1) is 0 Å². The first-order valence-corrected chi connectivity index (χ1v) is 4.31.